The number of aromatic nitrogens is 2. The summed E-state index contributed by atoms with van der Waals surface area (Å²) in [7, 11) is 0. The fourth-order valence-corrected chi connectivity index (χ4v) is 3.84. The first-order valence-corrected chi connectivity index (χ1v) is 9.97. The molecule has 4 aromatic rings. The van der Waals surface area contributed by atoms with Crippen LogP contribution in [0.4, 0.5) is 0 Å². The van der Waals surface area contributed by atoms with Crippen LogP contribution < -0.4 is 0 Å². The third kappa shape index (κ3) is 3.57. The number of nitrogens with zero attached hydrogens (tertiary/aromatic N) is 4. The van der Waals surface area contributed by atoms with Crippen molar-refractivity contribution >= 4 is 22.7 Å². The molecule has 0 radical (unpaired) electrons. The van der Waals surface area contributed by atoms with Gasteiger partial charge in [-0.1, -0.05) is 66.7 Å². The van der Waals surface area contributed by atoms with Crippen LogP contribution in [0.2, 0.25) is 0 Å². The highest BCUT2D eigenvalue weighted by Crippen LogP contribution is 2.34. The molecule has 30 heavy (non-hydrogen) atoms. The van der Waals surface area contributed by atoms with Gasteiger partial charge in [0.2, 0.25) is 5.91 Å². The quantitative estimate of drug-likeness (QED) is 0.512. The molecule has 1 aliphatic heterocycles. The zero-order valence-corrected chi connectivity index (χ0v) is 16.3. The predicted octanol–water partition coefficient (Wildman–Crippen LogP) is 4.55. The summed E-state index contributed by atoms with van der Waals surface area (Å²) in [6, 6.07) is 25.7. The van der Waals surface area contributed by atoms with Gasteiger partial charge >= 0.3 is 0 Å². The van der Waals surface area contributed by atoms with Crippen LogP contribution in [0.3, 0.4) is 0 Å². The van der Waals surface area contributed by atoms with Crippen LogP contribution in [0.5, 0.6) is 0 Å². The fourth-order valence-electron chi connectivity index (χ4n) is 3.84. The fraction of sp³-hybridized carbons (Fsp3) is 0.120. The number of carbonyl (C=O) groups excluding carboxylic acids is 1. The van der Waals surface area contributed by atoms with E-state index in [9.17, 15) is 4.79 Å². The Bertz CT molecular complexity index is 1220. The summed E-state index contributed by atoms with van der Waals surface area (Å²) in [6.45, 7) is 0. The van der Waals surface area contributed by atoms with Gasteiger partial charge in [0.25, 0.3) is 0 Å². The predicted molar refractivity (Wildman–Crippen MR) is 117 cm³/mol. The van der Waals surface area contributed by atoms with E-state index in [2.05, 4.69) is 9.97 Å². The molecule has 0 saturated heterocycles. The van der Waals surface area contributed by atoms with Crippen molar-refractivity contribution in [1.29, 1.82) is 0 Å². The highest BCUT2D eigenvalue weighted by molar-refractivity contribution is 6.03. The molecule has 0 aliphatic carbocycles. The largest absolute Gasteiger partial charge is 0.273 e. The van der Waals surface area contributed by atoms with Crippen LogP contribution >= 0.6 is 0 Å². The van der Waals surface area contributed by atoms with E-state index in [4.69, 9.17) is 5.10 Å². The minimum Gasteiger partial charge on any atom is -0.273 e. The van der Waals surface area contributed by atoms with Crippen molar-refractivity contribution in [3.8, 4) is 0 Å². The van der Waals surface area contributed by atoms with Gasteiger partial charge in [-0.15, -0.1) is 0 Å². The minimum absolute atomic E-state index is 0.0172. The maximum absolute atomic E-state index is 13.2. The molecule has 1 atom stereocenters. The molecule has 0 spiro atoms. The van der Waals surface area contributed by atoms with Crippen molar-refractivity contribution in [3.05, 3.63) is 108 Å². The molecule has 0 saturated carbocycles. The lowest BCUT2D eigenvalue weighted by Gasteiger charge is -2.22. The van der Waals surface area contributed by atoms with Crippen LogP contribution in [-0.4, -0.2) is 26.6 Å². The number of rotatable bonds is 4. The molecule has 5 rings (SSSR count). The van der Waals surface area contributed by atoms with Crippen molar-refractivity contribution < 1.29 is 4.79 Å². The zero-order valence-electron chi connectivity index (χ0n) is 16.3. The van der Waals surface area contributed by atoms with E-state index in [1.165, 1.54) is 0 Å². The molecule has 2 heterocycles. The molecule has 0 fully saturated rings. The van der Waals surface area contributed by atoms with Crippen molar-refractivity contribution in [1.82, 2.24) is 15.0 Å². The Kier molecular flexibility index (Phi) is 4.77. The average Bonchev–Trinajstić information content (AvgIpc) is 3.26. The van der Waals surface area contributed by atoms with Gasteiger partial charge in [-0.25, -0.2) is 5.01 Å². The van der Waals surface area contributed by atoms with Gasteiger partial charge in [0.1, 0.15) is 0 Å². The molecule has 1 amide bonds. The molecule has 0 bridgehead atoms. The number of carbonyl (C=O) groups is 1. The SMILES string of the molecule is O=C(Cc1ccccc1)N1N=C(c2ccccc2)C[C@H]1c1ccc2nccnc2c1. The molecular formula is C25H20N4O. The smallest absolute Gasteiger partial charge is 0.247 e. The van der Waals surface area contributed by atoms with Crippen LogP contribution in [0.15, 0.2) is 96.4 Å². The van der Waals surface area contributed by atoms with Gasteiger partial charge in [-0.05, 0) is 28.8 Å². The molecule has 0 unspecified atom stereocenters. The summed E-state index contributed by atoms with van der Waals surface area (Å²) >= 11 is 0. The Labute approximate surface area is 174 Å². The van der Waals surface area contributed by atoms with Crippen LogP contribution in [0, 0.1) is 0 Å². The molecule has 1 aromatic heterocycles. The topological polar surface area (TPSA) is 58.5 Å². The average molecular weight is 392 g/mol. The standard InChI is InChI=1S/C25H20N4O/c30-25(15-18-7-3-1-4-8-18)29-24(17-22(28-29)19-9-5-2-6-10-19)20-11-12-21-23(16-20)27-14-13-26-21/h1-14,16,24H,15,17H2/t24-/m0/s1. The van der Waals surface area contributed by atoms with Gasteiger partial charge < -0.3 is 0 Å². The van der Waals surface area contributed by atoms with E-state index in [0.717, 1.165) is 33.4 Å². The van der Waals surface area contributed by atoms with Crippen LogP contribution in [0.25, 0.3) is 11.0 Å². The Hall–Kier alpha value is -3.86. The first-order valence-electron chi connectivity index (χ1n) is 9.97. The Morgan fingerprint density at radius 3 is 2.33 bits per heavy atom. The lowest BCUT2D eigenvalue weighted by Crippen LogP contribution is -2.28. The van der Waals surface area contributed by atoms with Crippen LogP contribution in [-0.2, 0) is 11.2 Å². The summed E-state index contributed by atoms with van der Waals surface area (Å²) in [5.41, 5.74) is 5.61. The molecule has 146 valence electrons. The van der Waals surface area contributed by atoms with E-state index >= 15 is 0 Å². The number of hydrogen-bond acceptors (Lipinski definition) is 4. The Morgan fingerprint density at radius 2 is 1.57 bits per heavy atom. The zero-order chi connectivity index (χ0) is 20.3. The molecule has 5 heteroatoms. The van der Waals surface area contributed by atoms with E-state index in [1.807, 2.05) is 78.9 Å². The summed E-state index contributed by atoms with van der Waals surface area (Å²) in [5.74, 6) is -0.0172. The number of amides is 1. The van der Waals surface area contributed by atoms with Gasteiger partial charge in [0.15, 0.2) is 0 Å². The van der Waals surface area contributed by atoms with Gasteiger partial charge in [0, 0.05) is 18.8 Å². The van der Waals surface area contributed by atoms with Crippen molar-refractivity contribution in [3.63, 3.8) is 0 Å². The molecule has 5 nitrogen and oxygen atoms in total. The van der Waals surface area contributed by atoms with E-state index in [-0.39, 0.29) is 11.9 Å². The maximum Gasteiger partial charge on any atom is 0.247 e. The number of fused-ring (bicyclic) bond motifs is 1. The second kappa shape index (κ2) is 7.87. The summed E-state index contributed by atoms with van der Waals surface area (Å²) in [5, 5.41) is 6.40. The van der Waals surface area contributed by atoms with E-state index in [1.54, 1.807) is 17.4 Å². The van der Waals surface area contributed by atoms with Gasteiger partial charge in [-0.3, -0.25) is 14.8 Å². The second-order valence-electron chi connectivity index (χ2n) is 7.34. The third-order valence-electron chi connectivity index (χ3n) is 5.35. The summed E-state index contributed by atoms with van der Waals surface area (Å²) in [4.78, 5) is 22.0. The minimum atomic E-state index is -0.164. The number of benzene rings is 3. The van der Waals surface area contributed by atoms with Crippen molar-refractivity contribution in [2.24, 2.45) is 5.10 Å². The highest BCUT2D eigenvalue weighted by atomic mass is 16.2. The van der Waals surface area contributed by atoms with E-state index < -0.39 is 0 Å². The van der Waals surface area contributed by atoms with Crippen LogP contribution in [0.1, 0.15) is 29.2 Å². The summed E-state index contributed by atoms with van der Waals surface area (Å²) < 4.78 is 0. The van der Waals surface area contributed by atoms with Crippen molar-refractivity contribution in [2.75, 3.05) is 0 Å². The number of hydrogen-bond donors (Lipinski definition) is 0. The second-order valence-corrected chi connectivity index (χ2v) is 7.34. The van der Waals surface area contributed by atoms with E-state index in [0.29, 0.717) is 12.8 Å². The summed E-state index contributed by atoms with van der Waals surface area (Å²) in [6.07, 6.45) is 4.35. The molecule has 1 aliphatic rings. The molecule has 0 N–H and O–H groups in total. The van der Waals surface area contributed by atoms with Gasteiger partial charge in [-0.2, -0.15) is 5.10 Å². The normalized spacial score (nSPS) is 15.9. The number of hydrazone groups is 1. The monoisotopic (exact) mass is 392 g/mol. The van der Waals surface area contributed by atoms with Crippen molar-refractivity contribution in [2.45, 2.75) is 18.9 Å². The third-order valence-corrected chi connectivity index (χ3v) is 5.35. The Balaban J connectivity index is 1.51. The highest BCUT2D eigenvalue weighted by Gasteiger charge is 2.33. The molecular weight excluding hydrogens is 372 g/mol. The molecule has 3 aromatic carbocycles. The Morgan fingerprint density at radius 1 is 0.867 bits per heavy atom. The lowest BCUT2D eigenvalue weighted by molar-refractivity contribution is -0.132. The first-order chi connectivity index (χ1) is 14.8. The first kappa shape index (κ1) is 18.2. The lowest BCUT2D eigenvalue weighted by atomic mass is 9.97. The maximum atomic E-state index is 13.2. The van der Waals surface area contributed by atoms with Gasteiger partial charge in [0.05, 0.1) is 29.2 Å².